The average Bonchev–Trinajstić information content (AvgIpc) is 2.48. The largest absolute Gasteiger partial charge is 0.478 e. The van der Waals surface area contributed by atoms with Gasteiger partial charge in [0.2, 0.25) is 0 Å². The van der Waals surface area contributed by atoms with E-state index < -0.39 is 22.0 Å². The first-order valence-electron chi connectivity index (χ1n) is 6.51. The number of aryl methyl sites for hydroxylation is 1. The molecule has 0 heterocycles. The van der Waals surface area contributed by atoms with E-state index in [0.717, 1.165) is 12.1 Å². The van der Waals surface area contributed by atoms with Crippen LogP contribution in [0.5, 0.6) is 0 Å². The Bertz CT molecular complexity index is 939. The van der Waals surface area contributed by atoms with Crippen LogP contribution in [0.15, 0.2) is 41.3 Å². The molecular formula is C15H12ClNO6S. The molecule has 2 aromatic carbocycles. The van der Waals surface area contributed by atoms with E-state index in [2.05, 4.69) is 4.72 Å². The van der Waals surface area contributed by atoms with Crippen LogP contribution in [0, 0.1) is 6.92 Å². The molecule has 0 aliphatic heterocycles. The number of aromatic carboxylic acids is 2. The van der Waals surface area contributed by atoms with E-state index in [1.807, 2.05) is 0 Å². The Morgan fingerprint density at radius 2 is 1.71 bits per heavy atom. The van der Waals surface area contributed by atoms with Crippen molar-refractivity contribution in [2.75, 3.05) is 4.72 Å². The lowest BCUT2D eigenvalue weighted by Gasteiger charge is -2.13. The van der Waals surface area contributed by atoms with E-state index in [4.69, 9.17) is 21.8 Å². The Morgan fingerprint density at radius 3 is 2.29 bits per heavy atom. The number of hydrogen-bond acceptors (Lipinski definition) is 4. The minimum atomic E-state index is -4.19. The zero-order chi connectivity index (χ0) is 18.1. The van der Waals surface area contributed by atoms with Crippen LogP contribution in [0.1, 0.15) is 26.3 Å². The van der Waals surface area contributed by atoms with Gasteiger partial charge in [-0.05, 0) is 42.8 Å². The van der Waals surface area contributed by atoms with E-state index in [9.17, 15) is 18.0 Å². The lowest BCUT2D eigenvalue weighted by Crippen LogP contribution is -2.17. The van der Waals surface area contributed by atoms with Crippen molar-refractivity contribution in [2.45, 2.75) is 11.8 Å². The summed E-state index contributed by atoms with van der Waals surface area (Å²) >= 11 is 5.72. The summed E-state index contributed by atoms with van der Waals surface area (Å²) in [4.78, 5) is 22.0. The van der Waals surface area contributed by atoms with Crippen LogP contribution < -0.4 is 4.72 Å². The van der Waals surface area contributed by atoms with Crippen LogP contribution in [0.3, 0.4) is 0 Å². The quantitative estimate of drug-likeness (QED) is 0.745. The standard InChI is InChI=1S/C15H12ClNO6S/c1-8-2-3-9(14(18)19)6-13(8)24(22,23)17-12-5-4-10(16)7-11(12)15(20)21/h2-7,17H,1H3,(H,18,19)(H,20,21). The van der Waals surface area contributed by atoms with Crippen molar-refractivity contribution in [2.24, 2.45) is 0 Å². The van der Waals surface area contributed by atoms with Crippen molar-refractivity contribution in [3.05, 3.63) is 58.1 Å². The Morgan fingerprint density at radius 1 is 1.04 bits per heavy atom. The molecule has 0 spiro atoms. The van der Waals surface area contributed by atoms with Crippen molar-refractivity contribution in [3.8, 4) is 0 Å². The van der Waals surface area contributed by atoms with Crippen molar-refractivity contribution in [3.63, 3.8) is 0 Å². The number of rotatable bonds is 5. The van der Waals surface area contributed by atoms with Gasteiger partial charge in [-0.3, -0.25) is 4.72 Å². The number of benzene rings is 2. The zero-order valence-electron chi connectivity index (χ0n) is 12.3. The van der Waals surface area contributed by atoms with Crippen molar-refractivity contribution in [1.29, 1.82) is 0 Å². The molecule has 0 fully saturated rings. The normalized spacial score (nSPS) is 11.1. The molecule has 0 saturated carbocycles. The van der Waals surface area contributed by atoms with Gasteiger partial charge in [0, 0.05) is 5.02 Å². The summed E-state index contributed by atoms with van der Waals surface area (Å²) in [6.45, 7) is 1.50. The maximum Gasteiger partial charge on any atom is 0.337 e. The average molecular weight is 370 g/mol. The minimum Gasteiger partial charge on any atom is -0.478 e. The third kappa shape index (κ3) is 3.66. The second-order valence-electron chi connectivity index (χ2n) is 4.89. The van der Waals surface area contributed by atoms with Crippen molar-refractivity contribution in [1.82, 2.24) is 0 Å². The highest BCUT2D eigenvalue weighted by molar-refractivity contribution is 7.92. The van der Waals surface area contributed by atoms with Gasteiger partial charge in [0.1, 0.15) is 0 Å². The fourth-order valence-corrected chi connectivity index (χ4v) is 3.53. The predicted molar refractivity (Wildman–Crippen MR) is 87.4 cm³/mol. The molecular weight excluding hydrogens is 358 g/mol. The molecule has 0 unspecified atom stereocenters. The molecule has 0 atom stereocenters. The number of carboxylic acids is 2. The topological polar surface area (TPSA) is 121 Å². The zero-order valence-corrected chi connectivity index (χ0v) is 13.9. The maximum atomic E-state index is 12.5. The summed E-state index contributed by atoms with van der Waals surface area (Å²) in [5.41, 5.74) is -0.376. The second kappa shape index (κ2) is 6.50. The van der Waals surface area contributed by atoms with Gasteiger partial charge in [0.25, 0.3) is 10.0 Å². The predicted octanol–water partition coefficient (Wildman–Crippen LogP) is 2.85. The molecule has 24 heavy (non-hydrogen) atoms. The molecule has 7 nitrogen and oxygen atoms in total. The van der Waals surface area contributed by atoms with Crippen molar-refractivity contribution < 1.29 is 28.2 Å². The first kappa shape index (κ1) is 17.8. The highest BCUT2D eigenvalue weighted by Gasteiger charge is 2.22. The summed E-state index contributed by atoms with van der Waals surface area (Å²) in [5.74, 6) is -2.63. The Labute approximate surface area is 142 Å². The fourth-order valence-electron chi connectivity index (χ4n) is 2.00. The molecule has 126 valence electrons. The second-order valence-corrected chi connectivity index (χ2v) is 6.97. The van der Waals surface area contributed by atoms with Gasteiger partial charge in [-0.1, -0.05) is 17.7 Å². The first-order valence-corrected chi connectivity index (χ1v) is 8.37. The molecule has 0 saturated heterocycles. The molecule has 2 rings (SSSR count). The Kier molecular flexibility index (Phi) is 4.81. The number of hydrogen-bond donors (Lipinski definition) is 3. The van der Waals surface area contributed by atoms with E-state index >= 15 is 0 Å². The summed E-state index contributed by atoms with van der Waals surface area (Å²) < 4.78 is 27.2. The van der Waals surface area contributed by atoms with Gasteiger partial charge >= 0.3 is 11.9 Å². The van der Waals surface area contributed by atoms with Gasteiger partial charge in [0.15, 0.2) is 0 Å². The monoisotopic (exact) mass is 369 g/mol. The Hall–Kier alpha value is -2.58. The SMILES string of the molecule is Cc1ccc(C(=O)O)cc1S(=O)(=O)Nc1ccc(Cl)cc1C(=O)O. The highest BCUT2D eigenvalue weighted by atomic mass is 35.5. The Balaban J connectivity index is 2.52. The van der Waals surface area contributed by atoms with Gasteiger partial charge in [-0.2, -0.15) is 0 Å². The third-order valence-corrected chi connectivity index (χ3v) is 4.92. The molecule has 0 radical (unpaired) electrons. The van der Waals surface area contributed by atoms with Crippen LogP contribution in [-0.2, 0) is 10.0 Å². The number of carbonyl (C=O) groups is 2. The van der Waals surface area contributed by atoms with Crippen LogP contribution in [-0.4, -0.2) is 30.6 Å². The van der Waals surface area contributed by atoms with E-state index in [-0.39, 0.29) is 26.7 Å². The number of carboxylic acid groups (broad SMARTS) is 2. The summed E-state index contributed by atoms with van der Waals surface area (Å²) in [7, 11) is -4.19. The van der Waals surface area contributed by atoms with Crippen LogP contribution >= 0.6 is 11.6 Å². The molecule has 0 aliphatic rings. The van der Waals surface area contributed by atoms with Gasteiger partial charge in [-0.25, -0.2) is 18.0 Å². The lowest BCUT2D eigenvalue weighted by atomic mass is 10.1. The van der Waals surface area contributed by atoms with Crippen LogP contribution in [0.2, 0.25) is 5.02 Å². The molecule has 0 aromatic heterocycles. The number of nitrogens with one attached hydrogen (secondary N) is 1. The van der Waals surface area contributed by atoms with Crippen molar-refractivity contribution >= 4 is 39.3 Å². The molecule has 0 bridgehead atoms. The van der Waals surface area contributed by atoms with Crippen LogP contribution in [0.25, 0.3) is 0 Å². The van der Waals surface area contributed by atoms with E-state index in [1.54, 1.807) is 0 Å². The van der Waals surface area contributed by atoms with E-state index in [0.29, 0.717) is 5.56 Å². The molecule has 2 aromatic rings. The summed E-state index contributed by atoms with van der Waals surface area (Å²) in [5, 5.41) is 18.3. The molecule has 0 amide bonds. The van der Waals surface area contributed by atoms with E-state index in [1.165, 1.54) is 31.2 Å². The molecule has 3 N–H and O–H groups in total. The molecule has 0 aliphatic carbocycles. The van der Waals surface area contributed by atoms with Gasteiger partial charge < -0.3 is 10.2 Å². The smallest absolute Gasteiger partial charge is 0.337 e. The van der Waals surface area contributed by atoms with Gasteiger partial charge in [-0.15, -0.1) is 0 Å². The lowest BCUT2D eigenvalue weighted by molar-refractivity contribution is 0.0686. The maximum absolute atomic E-state index is 12.5. The first-order chi connectivity index (χ1) is 11.1. The third-order valence-electron chi connectivity index (χ3n) is 3.18. The summed E-state index contributed by atoms with van der Waals surface area (Å²) in [6.07, 6.45) is 0. The molecule has 9 heteroatoms. The fraction of sp³-hybridized carbons (Fsp3) is 0.0667. The minimum absolute atomic E-state index is 0.138. The highest BCUT2D eigenvalue weighted by Crippen LogP contribution is 2.25. The number of sulfonamides is 1. The van der Waals surface area contributed by atoms with Crippen LogP contribution in [0.4, 0.5) is 5.69 Å². The van der Waals surface area contributed by atoms with Gasteiger partial charge in [0.05, 0.1) is 21.7 Å². The summed E-state index contributed by atoms with van der Waals surface area (Å²) in [6, 6.07) is 7.32. The number of halogens is 1. The number of anilines is 1.